The van der Waals surface area contributed by atoms with Crippen molar-refractivity contribution in [2.24, 2.45) is 0 Å². The Balaban J connectivity index is 2.42. The molecule has 14 heavy (non-hydrogen) atoms. The monoisotopic (exact) mass is 213 g/mol. The van der Waals surface area contributed by atoms with Crippen molar-refractivity contribution in [2.75, 3.05) is 13.7 Å². The summed E-state index contributed by atoms with van der Waals surface area (Å²) >= 11 is 5.76. The molecule has 0 amide bonds. The zero-order chi connectivity index (χ0) is 10.2. The minimum Gasteiger partial charge on any atom is -0.481 e. The number of ether oxygens (including phenoxy) is 1. The second kappa shape index (κ2) is 3.41. The Morgan fingerprint density at radius 3 is 2.79 bits per heavy atom. The molecule has 76 valence electrons. The molecular weight excluding hydrogens is 202 g/mol. The Hall–Kier alpha value is -0.800. The number of pyridine rings is 1. The van der Waals surface area contributed by atoms with Gasteiger partial charge in [0, 0.05) is 11.0 Å². The van der Waals surface area contributed by atoms with Gasteiger partial charge in [-0.15, -0.1) is 0 Å². The summed E-state index contributed by atoms with van der Waals surface area (Å²) in [6, 6.07) is 3.62. The van der Waals surface area contributed by atoms with Crippen LogP contribution < -0.4 is 4.74 Å². The molecule has 2 rings (SSSR count). The lowest BCUT2D eigenvalue weighted by Gasteiger charge is -2.15. The van der Waals surface area contributed by atoms with E-state index in [1.807, 2.05) is 6.07 Å². The van der Waals surface area contributed by atoms with E-state index in [1.54, 1.807) is 13.2 Å². The third-order valence-electron chi connectivity index (χ3n) is 2.75. The Labute approximate surface area is 87.7 Å². The summed E-state index contributed by atoms with van der Waals surface area (Å²) in [7, 11) is 1.57. The second-order valence-corrected chi connectivity index (χ2v) is 4.02. The molecule has 1 N–H and O–H groups in total. The fraction of sp³-hybridized carbons (Fsp3) is 0.500. The molecule has 4 heteroatoms. The van der Waals surface area contributed by atoms with Crippen LogP contribution in [0.15, 0.2) is 12.1 Å². The van der Waals surface area contributed by atoms with Crippen LogP contribution in [0.1, 0.15) is 18.4 Å². The smallest absolute Gasteiger partial charge is 0.218 e. The van der Waals surface area contributed by atoms with Crippen LogP contribution in [0.3, 0.4) is 0 Å². The van der Waals surface area contributed by atoms with Crippen molar-refractivity contribution in [3.63, 3.8) is 0 Å². The third kappa shape index (κ3) is 1.47. The predicted molar refractivity (Wildman–Crippen MR) is 53.8 cm³/mol. The predicted octanol–water partition coefficient (Wildman–Crippen LogP) is 1.77. The van der Waals surface area contributed by atoms with Crippen LogP contribution in [0.4, 0.5) is 0 Å². The first-order valence-corrected chi connectivity index (χ1v) is 4.91. The van der Waals surface area contributed by atoms with E-state index in [9.17, 15) is 5.11 Å². The topological polar surface area (TPSA) is 42.4 Å². The van der Waals surface area contributed by atoms with Crippen molar-refractivity contribution in [1.29, 1.82) is 0 Å². The number of nitrogens with zero attached hydrogens (tertiary/aromatic N) is 1. The summed E-state index contributed by atoms with van der Waals surface area (Å²) in [6.45, 7) is 0.146. The zero-order valence-corrected chi connectivity index (χ0v) is 8.71. The van der Waals surface area contributed by atoms with Crippen molar-refractivity contribution in [3.05, 3.63) is 22.8 Å². The van der Waals surface area contributed by atoms with Gasteiger partial charge in [-0.1, -0.05) is 11.6 Å². The molecule has 3 nitrogen and oxygen atoms in total. The summed E-state index contributed by atoms with van der Waals surface area (Å²) in [5.41, 5.74) is 0.843. The molecule has 0 atom stereocenters. The molecule has 0 radical (unpaired) electrons. The van der Waals surface area contributed by atoms with E-state index < -0.39 is 0 Å². The van der Waals surface area contributed by atoms with Gasteiger partial charge >= 0.3 is 0 Å². The minimum absolute atomic E-state index is 0.122. The number of methoxy groups -OCH3 is 1. The third-order valence-corrected chi connectivity index (χ3v) is 2.96. The SMILES string of the molecule is COc1nc(Cl)ccc1C1(CO)CC1. The van der Waals surface area contributed by atoms with Gasteiger partial charge in [0.15, 0.2) is 0 Å². The van der Waals surface area contributed by atoms with E-state index in [1.165, 1.54) is 0 Å². The molecule has 1 fully saturated rings. The highest BCUT2D eigenvalue weighted by Gasteiger charge is 2.46. The van der Waals surface area contributed by atoms with Crippen molar-refractivity contribution >= 4 is 11.6 Å². The molecule has 1 saturated carbocycles. The number of aromatic nitrogens is 1. The molecule has 0 unspecified atom stereocenters. The normalized spacial score (nSPS) is 17.9. The molecule has 0 saturated heterocycles. The summed E-state index contributed by atoms with van der Waals surface area (Å²) < 4.78 is 5.15. The summed E-state index contributed by atoms with van der Waals surface area (Å²) in [5, 5.41) is 9.70. The molecule has 0 aliphatic heterocycles. The van der Waals surface area contributed by atoms with Crippen molar-refractivity contribution in [2.45, 2.75) is 18.3 Å². The fourth-order valence-corrected chi connectivity index (χ4v) is 1.78. The fourth-order valence-electron chi connectivity index (χ4n) is 1.64. The summed E-state index contributed by atoms with van der Waals surface area (Å²) in [5.74, 6) is 0.532. The van der Waals surface area contributed by atoms with E-state index in [0.29, 0.717) is 11.0 Å². The van der Waals surface area contributed by atoms with Crippen LogP contribution in [0.25, 0.3) is 0 Å². The zero-order valence-electron chi connectivity index (χ0n) is 7.96. The van der Waals surface area contributed by atoms with Gasteiger partial charge < -0.3 is 9.84 Å². The van der Waals surface area contributed by atoms with Gasteiger partial charge in [-0.25, -0.2) is 4.98 Å². The van der Waals surface area contributed by atoms with E-state index in [2.05, 4.69) is 4.98 Å². The van der Waals surface area contributed by atoms with Gasteiger partial charge in [-0.3, -0.25) is 0 Å². The Morgan fingerprint density at radius 2 is 2.29 bits per heavy atom. The molecular formula is C10H12ClNO2. The molecule has 1 aliphatic carbocycles. The maximum absolute atomic E-state index is 9.28. The Kier molecular flexibility index (Phi) is 2.37. The van der Waals surface area contributed by atoms with E-state index in [4.69, 9.17) is 16.3 Å². The van der Waals surface area contributed by atoms with E-state index in [-0.39, 0.29) is 12.0 Å². The van der Waals surface area contributed by atoms with Gasteiger partial charge in [-0.05, 0) is 25.0 Å². The lowest BCUT2D eigenvalue weighted by molar-refractivity contribution is 0.250. The quantitative estimate of drug-likeness (QED) is 0.779. The van der Waals surface area contributed by atoms with Crippen LogP contribution in [-0.4, -0.2) is 23.8 Å². The lowest BCUT2D eigenvalue weighted by atomic mass is 9.98. The molecule has 1 heterocycles. The van der Waals surface area contributed by atoms with Gasteiger partial charge in [0.1, 0.15) is 5.15 Å². The number of rotatable bonds is 3. The standard InChI is InChI=1S/C10H12ClNO2/c1-14-9-7(2-3-8(11)12-9)10(6-13)4-5-10/h2-3,13H,4-6H2,1H3. The highest BCUT2D eigenvalue weighted by molar-refractivity contribution is 6.29. The highest BCUT2D eigenvalue weighted by atomic mass is 35.5. The van der Waals surface area contributed by atoms with Crippen LogP contribution >= 0.6 is 11.6 Å². The number of hydrogen-bond donors (Lipinski definition) is 1. The molecule has 1 aromatic heterocycles. The largest absolute Gasteiger partial charge is 0.481 e. The molecule has 0 aromatic carbocycles. The minimum atomic E-state index is -0.122. The van der Waals surface area contributed by atoms with Gasteiger partial charge in [0.25, 0.3) is 0 Å². The lowest BCUT2D eigenvalue weighted by Crippen LogP contribution is -2.14. The number of hydrogen-bond acceptors (Lipinski definition) is 3. The van der Waals surface area contributed by atoms with E-state index >= 15 is 0 Å². The van der Waals surface area contributed by atoms with Crippen molar-refractivity contribution in [1.82, 2.24) is 4.98 Å². The summed E-state index contributed by atoms with van der Waals surface area (Å²) in [4.78, 5) is 4.08. The van der Waals surface area contributed by atoms with Gasteiger partial charge in [-0.2, -0.15) is 0 Å². The Morgan fingerprint density at radius 1 is 1.57 bits per heavy atom. The molecule has 1 aromatic rings. The molecule has 0 bridgehead atoms. The van der Waals surface area contributed by atoms with Gasteiger partial charge in [0.05, 0.1) is 13.7 Å². The van der Waals surface area contributed by atoms with Crippen molar-refractivity contribution < 1.29 is 9.84 Å². The van der Waals surface area contributed by atoms with E-state index in [0.717, 1.165) is 18.4 Å². The number of aliphatic hydroxyl groups is 1. The number of aliphatic hydroxyl groups excluding tert-OH is 1. The first kappa shape index (κ1) is 9.74. The average Bonchev–Trinajstić information content (AvgIpc) is 2.98. The van der Waals surface area contributed by atoms with Crippen LogP contribution in [0.2, 0.25) is 5.15 Å². The second-order valence-electron chi connectivity index (χ2n) is 3.63. The maximum Gasteiger partial charge on any atom is 0.218 e. The summed E-state index contributed by atoms with van der Waals surface area (Å²) in [6.07, 6.45) is 1.98. The van der Waals surface area contributed by atoms with Crippen LogP contribution in [0, 0.1) is 0 Å². The van der Waals surface area contributed by atoms with Crippen LogP contribution in [-0.2, 0) is 5.41 Å². The average molecular weight is 214 g/mol. The van der Waals surface area contributed by atoms with Gasteiger partial charge in [0.2, 0.25) is 5.88 Å². The molecule has 0 spiro atoms. The number of halogens is 1. The highest BCUT2D eigenvalue weighted by Crippen LogP contribution is 2.50. The van der Waals surface area contributed by atoms with Crippen molar-refractivity contribution in [3.8, 4) is 5.88 Å². The Bertz CT molecular complexity index is 350. The maximum atomic E-state index is 9.28. The first-order chi connectivity index (χ1) is 6.72. The molecule has 1 aliphatic rings. The van der Waals surface area contributed by atoms with Crippen LogP contribution in [0.5, 0.6) is 5.88 Å². The first-order valence-electron chi connectivity index (χ1n) is 4.54.